The van der Waals surface area contributed by atoms with Crippen molar-refractivity contribution >= 4 is 0 Å². The summed E-state index contributed by atoms with van der Waals surface area (Å²) in [6.07, 6.45) is 5.31. The van der Waals surface area contributed by atoms with Crippen LogP contribution in [0.3, 0.4) is 0 Å². The molecule has 1 N–H and O–H groups in total. The van der Waals surface area contributed by atoms with Gasteiger partial charge in [0, 0.05) is 19.2 Å². The molecule has 0 heterocycles. The molecule has 0 aromatic heterocycles. The van der Waals surface area contributed by atoms with Gasteiger partial charge in [-0.05, 0) is 58.7 Å². The number of likely N-dealkylation sites (N-methyl/N-ethyl adjacent to an activating group) is 1. The van der Waals surface area contributed by atoms with Gasteiger partial charge in [-0.1, -0.05) is 6.92 Å². The molecule has 1 fully saturated rings. The maximum atomic E-state index is 5.64. The molecule has 1 saturated carbocycles. The van der Waals surface area contributed by atoms with E-state index < -0.39 is 0 Å². The minimum absolute atomic E-state index is 0.652. The molecule has 102 valence electrons. The van der Waals surface area contributed by atoms with Crippen molar-refractivity contribution in [2.45, 2.75) is 45.6 Å². The van der Waals surface area contributed by atoms with Gasteiger partial charge in [0.15, 0.2) is 0 Å². The lowest BCUT2D eigenvalue weighted by Crippen LogP contribution is -2.28. The fraction of sp³-hybridized carbons (Fsp3) is 1.00. The second-order valence-electron chi connectivity index (χ2n) is 5.42. The Morgan fingerprint density at radius 3 is 2.76 bits per heavy atom. The average molecular weight is 242 g/mol. The zero-order chi connectivity index (χ0) is 12.5. The number of nitrogens with one attached hydrogen (secondary N) is 1. The lowest BCUT2D eigenvalue weighted by Gasteiger charge is -2.18. The van der Waals surface area contributed by atoms with Gasteiger partial charge < -0.3 is 15.0 Å². The first-order valence-electron chi connectivity index (χ1n) is 7.22. The van der Waals surface area contributed by atoms with E-state index in [9.17, 15) is 0 Å². The molecule has 3 heteroatoms. The van der Waals surface area contributed by atoms with Gasteiger partial charge in [0.25, 0.3) is 0 Å². The lowest BCUT2D eigenvalue weighted by molar-refractivity contribution is 0.103. The molecule has 1 atom stereocenters. The molecule has 0 bridgehead atoms. The molecule has 1 unspecified atom stereocenters. The molecule has 3 nitrogen and oxygen atoms in total. The van der Waals surface area contributed by atoms with Crippen LogP contribution >= 0.6 is 0 Å². The highest BCUT2D eigenvalue weighted by atomic mass is 16.5. The van der Waals surface area contributed by atoms with Gasteiger partial charge in [-0.25, -0.2) is 0 Å². The summed E-state index contributed by atoms with van der Waals surface area (Å²) in [5.41, 5.74) is 0. The summed E-state index contributed by atoms with van der Waals surface area (Å²) in [4.78, 5) is 2.38. The summed E-state index contributed by atoms with van der Waals surface area (Å²) in [6.45, 7) is 9.65. The van der Waals surface area contributed by atoms with Gasteiger partial charge >= 0.3 is 0 Å². The van der Waals surface area contributed by atoms with E-state index in [1.54, 1.807) is 0 Å². The summed E-state index contributed by atoms with van der Waals surface area (Å²) in [5, 5.41) is 3.45. The average Bonchev–Trinajstić information content (AvgIpc) is 3.09. The smallest absolute Gasteiger partial charge is 0.0593 e. The molecule has 17 heavy (non-hydrogen) atoms. The third kappa shape index (κ3) is 8.58. The van der Waals surface area contributed by atoms with E-state index in [0.29, 0.717) is 6.04 Å². The largest absolute Gasteiger partial charge is 0.380 e. The van der Waals surface area contributed by atoms with Crippen LogP contribution in [0.1, 0.15) is 39.5 Å². The van der Waals surface area contributed by atoms with Gasteiger partial charge in [-0.2, -0.15) is 0 Å². The highest BCUT2D eigenvalue weighted by molar-refractivity contribution is 4.72. The third-order valence-electron chi connectivity index (χ3n) is 3.40. The lowest BCUT2D eigenvalue weighted by atomic mass is 10.2. The predicted molar refractivity (Wildman–Crippen MR) is 73.4 cm³/mol. The normalized spacial score (nSPS) is 17.6. The van der Waals surface area contributed by atoms with Crippen LogP contribution in [0.25, 0.3) is 0 Å². The molecule has 0 radical (unpaired) electrons. The van der Waals surface area contributed by atoms with E-state index in [4.69, 9.17) is 4.74 Å². The number of ether oxygens (including phenoxy) is 1. The Kier molecular flexibility index (Phi) is 7.82. The van der Waals surface area contributed by atoms with Crippen molar-refractivity contribution < 1.29 is 4.74 Å². The summed E-state index contributed by atoms with van der Waals surface area (Å²) in [5.74, 6) is 0.890. The van der Waals surface area contributed by atoms with Crippen LogP contribution in [0, 0.1) is 5.92 Å². The Labute approximate surface area is 107 Å². The maximum absolute atomic E-state index is 5.64. The Balaban J connectivity index is 1.84. The quantitative estimate of drug-likeness (QED) is 0.562. The SMILES string of the molecule is CCNC(C)CCCN(C)CCOCC1CC1. The zero-order valence-electron chi connectivity index (χ0n) is 11.9. The zero-order valence-corrected chi connectivity index (χ0v) is 11.9. The van der Waals surface area contributed by atoms with Crippen molar-refractivity contribution in [3.05, 3.63) is 0 Å². The van der Waals surface area contributed by atoms with Crippen molar-refractivity contribution in [1.29, 1.82) is 0 Å². The van der Waals surface area contributed by atoms with Crippen LogP contribution in [-0.2, 0) is 4.74 Å². The minimum Gasteiger partial charge on any atom is -0.380 e. The molecule has 1 aliphatic carbocycles. The highest BCUT2D eigenvalue weighted by Gasteiger charge is 2.20. The Hall–Kier alpha value is -0.120. The van der Waals surface area contributed by atoms with Gasteiger partial charge in [0.2, 0.25) is 0 Å². The van der Waals surface area contributed by atoms with E-state index >= 15 is 0 Å². The highest BCUT2D eigenvalue weighted by Crippen LogP contribution is 2.28. The summed E-state index contributed by atoms with van der Waals surface area (Å²) >= 11 is 0. The van der Waals surface area contributed by atoms with Crippen molar-refractivity contribution in [2.24, 2.45) is 5.92 Å². The number of nitrogens with zero attached hydrogens (tertiary/aromatic N) is 1. The molecule has 0 aromatic rings. The fourth-order valence-corrected chi connectivity index (χ4v) is 1.98. The number of hydrogen-bond acceptors (Lipinski definition) is 3. The second-order valence-corrected chi connectivity index (χ2v) is 5.42. The topological polar surface area (TPSA) is 24.5 Å². The van der Waals surface area contributed by atoms with E-state index in [1.165, 1.54) is 32.2 Å². The molecule has 0 aromatic carbocycles. The van der Waals surface area contributed by atoms with E-state index in [-0.39, 0.29) is 0 Å². The van der Waals surface area contributed by atoms with Crippen molar-refractivity contribution in [3.8, 4) is 0 Å². The van der Waals surface area contributed by atoms with Gasteiger partial charge in [-0.15, -0.1) is 0 Å². The minimum atomic E-state index is 0.652. The van der Waals surface area contributed by atoms with Gasteiger partial charge in [0.05, 0.1) is 6.61 Å². The third-order valence-corrected chi connectivity index (χ3v) is 3.40. The van der Waals surface area contributed by atoms with Crippen molar-refractivity contribution in [2.75, 3.05) is 39.9 Å². The first-order valence-corrected chi connectivity index (χ1v) is 7.22. The van der Waals surface area contributed by atoms with Crippen LogP contribution in [0.4, 0.5) is 0 Å². The van der Waals surface area contributed by atoms with Gasteiger partial charge in [-0.3, -0.25) is 0 Å². The van der Waals surface area contributed by atoms with Crippen molar-refractivity contribution in [3.63, 3.8) is 0 Å². The van der Waals surface area contributed by atoms with Crippen LogP contribution in [0.2, 0.25) is 0 Å². The molecule has 1 rings (SSSR count). The molecular weight excluding hydrogens is 212 g/mol. The Morgan fingerprint density at radius 1 is 1.35 bits per heavy atom. The summed E-state index contributed by atoms with van der Waals surface area (Å²) in [7, 11) is 2.19. The summed E-state index contributed by atoms with van der Waals surface area (Å²) in [6, 6.07) is 0.652. The Bertz CT molecular complexity index is 183. The summed E-state index contributed by atoms with van der Waals surface area (Å²) < 4.78 is 5.64. The molecule has 0 amide bonds. The molecule has 1 aliphatic rings. The first-order chi connectivity index (χ1) is 8.22. The first kappa shape index (κ1) is 14.9. The van der Waals surface area contributed by atoms with E-state index in [1.807, 2.05) is 0 Å². The van der Waals surface area contributed by atoms with Crippen LogP contribution in [0.15, 0.2) is 0 Å². The number of hydrogen-bond donors (Lipinski definition) is 1. The standard InChI is InChI=1S/C14H30N2O/c1-4-15-13(2)6-5-9-16(3)10-11-17-12-14-7-8-14/h13-15H,4-12H2,1-3H3. The molecule has 0 saturated heterocycles. The monoisotopic (exact) mass is 242 g/mol. The van der Waals surface area contributed by atoms with Crippen LogP contribution in [-0.4, -0.2) is 50.8 Å². The van der Waals surface area contributed by atoms with E-state index in [0.717, 1.165) is 32.2 Å². The second kappa shape index (κ2) is 8.90. The number of rotatable bonds is 11. The maximum Gasteiger partial charge on any atom is 0.0593 e. The molecular formula is C14H30N2O. The van der Waals surface area contributed by atoms with E-state index in [2.05, 4.69) is 31.1 Å². The molecule has 0 spiro atoms. The Morgan fingerprint density at radius 2 is 2.12 bits per heavy atom. The van der Waals surface area contributed by atoms with Crippen molar-refractivity contribution in [1.82, 2.24) is 10.2 Å². The fourth-order valence-electron chi connectivity index (χ4n) is 1.98. The van der Waals surface area contributed by atoms with Gasteiger partial charge in [0.1, 0.15) is 0 Å². The van der Waals surface area contributed by atoms with Crippen LogP contribution < -0.4 is 5.32 Å². The molecule has 0 aliphatic heterocycles. The predicted octanol–water partition coefficient (Wildman–Crippen LogP) is 2.12. The van der Waals surface area contributed by atoms with Crippen LogP contribution in [0.5, 0.6) is 0 Å².